The van der Waals surface area contributed by atoms with Crippen LogP contribution < -0.4 is 26.0 Å². The molecule has 0 saturated carbocycles. The first kappa shape index (κ1) is 59.1. The summed E-state index contributed by atoms with van der Waals surface area (Å²) in [5.41, 5.74) is 2.06. The van der Waals surface area contributed by atoms with Gasteiger partial charge in [0.15, 0.2) is 0 Å². The SMILES string of the molecule is C=CC(C)(C)n1cc(C[C@@H]2NC(=O)[C@H](CCCC)NC(=O)[C@H](CC(C)C)N3CC/C=C\C[C@@H](C3=O)N(C)C(=O)[C@H](C)NC(=O)[C@H](Cc3ccc4nc(OCF)ncc4c3)NC(=O)[C@H](CC(C)C)N(C)C2=O)c2ccccc21. The summed E-state index contributed by atoms with van der Waals surface area (Å²) in [6, 6.07) is 4.43. The summed E-state index contributed by atoms with van der Waals surface area (Å²) in [6.45, 7) is 18.3. The molecule has 0 aliphatic carbocycles. The van der Waals surface area contributed by atoms with Crippen molar-refractivity contribution in [2.24, 2.45) is 11.8 Å². The van der Waals surface area contributed by atoms with Crippen LogP contribution in [0, 0.1) is 11.8 Å². The van der Waals surface area contributed by atoms with E-state index < -0.39 is 96.0 Å². The van der Waals surface area contributed by atoms with E-state index in [0.29, 0.717) is 35.7 Å². The molecule has 19 heteroatoms. The number of rotatable bonds is 15. The standard InChI is InChI=1S/C58H79FN10O8/c1-12-14-21-43-50(70)64-45(31-40-33-69(58(8,9)13-2)46-22-18-17-20-41(40)46)55(75)67(11)48(27-35(3)4)52(72)63-44(30-38-24-25-42-39(29-38)32-60-57(65-42)77-34-59)51(71)61-37(7)54(74)66(10)47-23-16-15-19-26-68(56(47)76)49(28-36(5)6)53(73)62-43/h13,15-18,20,22,24-25,29,32-33,35-37,43-45,47-49H,2,12,14,19,21,23,26-28,30-31,34H2,1,3-11H3,(H,61,71)(H,62,73)(H,63,72)(H,64,70)/b16-15-/t37-,43-,44-,45-,47-,48-,49-/m0/s1. The van der Waals surface area contributed by atoms with Crippen molar-refractivity contribution in [3.63, 3.8) is 0 Å². The third-order valence-corrected chi connectivity index (χ3v) is 14.7. The number of carbonyl (C=O) groups is 7. The number of likely N-dealkylation sites (N-methyl/N-ethyl adjacent to an activating group) is 2. The fourth-order valence-electron chi connectivity index (χ4n) is 10.2. The quantitative estimate of drug-likeness (QED) is 0.101. The molecule has 7 amide bonds. The molecule has 18 nitrogen and oxygen atoms in total. The van der Waals surface area contributed by atoms with E-state index in [0.717, 1.165) is 16.5 Å². The summed E-state index contributed by atoms with van der Waals surface area (Å²) in [6.07, 6.45) is 11.3. The number of alkyl halides is 1. The number of benzene rings is 2. The maximum absolute atomic E-state index is 15.5. The lowest BCUT2D eigenvalue weighted by molar-refractivity contribution is -0.150. The number of nitrogens with one attached hydrogen (secondary N) is 4. The second-order valence-electron chi connectivity index (χ2n) is 21.9. The Morgan fingerprint density at radius 3 is 2.16 bits per heavy atom. The van der Waals surface area contributed by atoms with Crippen LogP contribution >= 0.6 is 0 Å². The maximum atomic E-state index is 15.5. The zero-order valence-electron chi connectivity index (χ0n) is 46.4. The summed E-state index contributed by atoms with van der Waals surface area (Å²) in [5.74, 6) is -4.43. The predicted molar refractivity (Wildman–Crippen MR) is 294 cm³/mol. The van der Waals surface area contributed by atoms with Gasteiger partial charge < -0.3 is 45.3 Å². The van der Waals surface area contributed by atoms with E-state index in [9.17, 15) is 23.6 Å². The number of hydrogen-bond acceptors (Lipinski definition) is 10. The summed E-state index contributed by atoms with van der Waals surface area (Å²) in [4.78, 5) is 117. The van der Waals surface area contributed by atoms with Crippen molar-refractivity contribution in [3.05, 3.63) is 90.8 Å². The third kappa shape index (κ3) is 14.5. The molecule has 4 aromatic rings. The van der Waals surface area contributed by atoms with E-state index in [1.165, 1.54) is 41.9 Å². The van der Waals surface area contributed by atoms with Gasteiger partial charge in [-0.15, -0.1) is 6.58 Å². The molecule has 2 aromatic heterocycles. The van der Waals surface area contributed by atoms with E-state index in [1.807, 2.05) is 97.2 Å². The van der Waals surface area contributed by atoms with Gasteiger partial charge in [-0.1, -0.05) is 90.0 Å². The van der Waals surface area contributed by atoms with E-state index >= 15 is 14.4 Å². The minimum Gasteiger partial charge on any atom is -0.431 e. The molecule has 1 saturated heterocycles. The number of carbonyl (C=O) groups excluding carboxylic acids is 7. The number of para-hydroxylation sites is 1. The molecule has 2 aromatic carbocycles. The number of allylic oxidation sites excluding steroid dienone is 1. The molecule has 2 bridgehead atoms. The van der Waals surface area contributed by atoms with Crippen LogP contribution in [0.25, 0.3) is 21.8 Å². The fourth-order valence-corrected chi connectivity index (χ4v) is 10.2. The average molecular weight is 1060 g/mol. The molecule has 7 atom stereocenters. The van der Waals surface area contributed by atoms with Crippen LogP contribution in [0.15, 0.2) is 79.7 Å². The number of fused-ring (bicyclic) bond motifs is 4. The third-order valence-electron chi connectivity index (χ3n) is 14.7. The fraction of sp³-hybridized carbons (Fsp3) is 0.534. The van der Waals surface area contributed by atoms with Crippen molar-refractivity contribution >= 4 is 63.2 Å². The van der Waals surface area contributed by atoms with Crippen LogP contribution in [0.2, 0.25) is 0 Å². The van der Waals surface area contributed by atoms with Crippen molar-refractivity contribution in [1.29, 1.82) is 0 Å². The Morgan fingerprint density at radius 2 is 1.47 bits per heavy atom. The van der Waals surface area contributed by atoms with Crippen LogP contribution in [0.1, 0.15) is 111 Å². The normalized spacial score (nSPS) is 23.5. The summed E-state index contributed by atoms with van der Waals surface area (Å²) >= 11 is 0. The number of aromatic nitrogens is 3. The predicted octanol–water partition coefficient (Wildman–Crippen LogP) is 6.05. The van der Waals surface area contributed by atoms with Crippen molar-refractivity contribution < 1.29 is 42.7 Å². The highest BCUT2D eigenvalue weighted by molar-refractivity contribution is 5.99. The Hall–Kier alpha value is -7.18. The second-order valence-corrected chi connectivity index (χ2v) is 21.9. The Morgan fingerprint density at radius 1 is 0.805 bits per heavy atom. The molecular formula is C58H79FN10O8. The molecule has 1 fully saturated rings. The van der Waals surface area contributed by atoms with Crippen LogP contribution in [-0.2, 0) is 51.9 Å². The first-order valence-electron chi connectivity index (χ1n) is 27.0. The number of unbranched alkanes of at least 4 members (excludes halogenated alkanes) is 1. The van der Waals surface area contributed by atoms with Gasteiger partial charge in [0.1, 0.15) is 42.3 Å². The molecule has 0 unspecified atom stereocenters. The summed E-state index contributed by atoms with van der Waals surface area (Å²) in [5, 5.41) is 13.2. The molecule has 77 heavy (non-hydrogen) atoms. The van der Waals surface area contributed by atoms with E-state index in [-0.39, 0.29) is 62.9 Å². The Kier molecular flexibility index (Phi) is 20.1. The number of nitrogens with zero attached hydrogens (tertiary/aromatic N) is 6. The zero-order chi connectivity index (χ0) is 56.3. The lowest BCUT2D eigenvalue weighted by Crippen LogP contribution is -2.61. The minimum atomic E-state index is -1.33. The summed E-state index contributed by atoms with van der Waals surface area (Å²) in [7, 11) is 2.98. The Bertz CT molecular complexity index is 2830. The highest BCUT2D eigenvalue weighted by Crippen LogP contribution is 2.30. The highest BCUT2D eigenvalue weighted by Gasteiger charge is 2.41. The second kappa shape index (κ2) is 26.2. The lowest BCUT2D eigenvalue weighted by atomic mass is 9.97. The molecule has 2 aliphatic rings. The summed E-state index contributed by atoms with van der Waals surface area (Å²) < 4.78 is 19.9. The van der Waals surface area contributed by atoms with Gasteiger partial charge in [0.25, 0.3) is 0 Å². The topological polar surface area (TPSA) is 217 Å². The van der Waals surface area contributed by atoms with Crippen molar-refractivity contribution in [2.45, 2.75) is 161 Å². The number of halogens is 1. The van der Waals surface area contributed by atoms with Crippen LogP contribution in [-0.4, -0.2) is 140 Å². The molecule has 0 spiro atoms. The first-order valence-corrected chi connectivity index (χ1v) is 27.0. The smallest absolute Gasteiger partial charge is 0.319 e. The van der Waals surface area contributed by atoms with Gasteiger partial charge in [0.05, 0.1) is 11.1 Å². The van der Waals surface area contributed by atoms with Crippen LogP contribution in [0.4, 0.5) is 4.39 Å². The molecule has 6 rings (SSSR count). The molecule has 2 aliphatic heterocycles. The average Bonchev–Trinajstić information content (AvgIpc) is 3.77. The molecule has 4 heterocycles. The Labute approximate surface area is 452 Å². The lowest BCUT2D eigenvalue weighted by Gasteiger charge is -2.38. The molecule has 416 valence electrons. The minimum absolute atomic E-state index is 0.00912. The van der Waals surface area contributed by atoms with E-state index in [2.05, 4.69) is 42.4 Å². The highest BCUT2D eigenvalue weighted by atomic mass is 19.1. The van der Waals surface area contributed by atoms with Gasteiger partial charge >= 0.3 is 6.01 Å². The van der Waals surface area contributed by atoms with Crippen molar-refractivity contribution in [3.8, 4) is 6.01 Å². The molecule has 4 N–H and O–H groups in total. The van der Waals surface area contributed by atoms with E-state index in [4.69, 9.17) is 4.74 Å². The number of ether oxygens (including phenoxy) is 1. The number of hydrogen-bond donors (Lipinski definition) is 4. The van der Waals surface area contributed by atoms with Crippen molar-refractivity contribution in [2.75, 3.05) is 27.5 Å². The first-order chi connectivity index (χ1) is 36.6. The van der Waals surface area contributed by atoms with Crippen LogP contribution in [0.5, 0.6) is 6.01 Å². The molecule has 0 radical (unpaired) electrons. The van der Waals surface area contributed by atoms with E-state index in [1.54, 1.807) is 18.2 Å². The zero-order valence-corrected chi connectivity index (χ0v) is 46.4. The van der Waals surface area contributed by atoms with Gasteiger partial charge in [0, 0.05) is 62.2 Å². The monoisotopic (exact) mass is 1060 g/mol. The van der Waals surface area contributed by atoms with Gasteiger partial charge in [-0.3, -0.25) is 33.6 Å². The Balaban J connectivity index is 1.50. The van der Waals surface area contributed by atoms with Crippen LogP contribution in [0.3, 0.4) is 0 Å². The maximum Gasteiger partial charge on any atom is 0.319 e. The number of amides is 7. The molecular weight excluding hydrogens is 984 g/mol. The van der Waals surface area contributed by atoms with Gasteiger partial charge in [0.2, 0.25) is 48.2 Å². The van der Waals surface area contributed by atoms with Gasteiger partial charge in [-0.2, -0.15) is 4.98 Å². The van der Waals surface area contributed by atoms with Gasteiger partial charge in [-0.05, 0) is 94.0 Å². The van der Waals surface area contributed by atoms with Gasteiger partial charge in [-0.25, -0.2) is 9.37 Å². The van der Waals surface area contributed by atoms with Crippen molar-refractivity contribution in [1.82, 2.24) is 50.5 Å². The largest absolute Gasteiger partial charge is 0.431 e.